The number of aromatic amines is 1. The number of hydrogen-bond donors (Lipinski definition) is 2. The highest BCUT2D eigenvalue weighted by molar-refractivity contribution is 5.21. The SMILES string of the molecule is CCc1ccc([C@@H](C)N[C@@H]2CCc3[nH]ncc3C2)o1. The monoisotopic (exact) mass is 259 g/mol. The summed E-state index contributed by atoms with van der Waals surface area (Å²) >= 11 is 0. The smallest absolute Gasteiger partial charge is 0.120 e. The summed E-state index contributed by atoms with van der Waals surface area (Å²) < 4.78 is 5.81. The van der Waals surface area contributed by atoms with Crippen LogP contribution in [-0.2, 0) is 19.3 Å². The molecule has 0 aromatic carbocycles. The molecule has 19 heavy (non-hydrogen) atoms. The zero-order chi connectivity index (χ0) is 13.2. The Hall–Kier alpha value is -1.55. The Morgan fingerprint density at radius 3 is 3.21 bits per heavy atom. The molecule has 0 bridgehead atoms. The van der Waals surface area contributed by atoms with Crippen LogP contribution in [0, 0.1) is 0 Å². The van der Waals surface area contributed by atoms with Gasteiger partial charge in [-0.1, -0.05) is 6.92 Å². The molecule has 2 atom stereocenters. The molecule has 0 amide bonds. The summed E-state index contributed by atoms with van der Waals surface area (Å²) in [5.41, 5.74) is 2.65. The number of H-pyrrole nitrogens is 1. The van der Waals surface area contributed by atoms with Gasteiger partial charge in [0.1, 0.15) is 11.5 Å². The minimum atomic E-state index is 0.263. The molecule has 3 rings (SSSR count). The maximum atomic E-state index is 5.81. The van der Waals surface area contributed by atoms with Gasteiger partial charge in [-0.15, -0.1) is 0 Å². The first kappa shape index (κ1) is 12.5. The molecule has 0 saturated carbocycles. The second kappa shape index (κ2) is 5.21. The third-order valence-corrected chi connectivity index (χ3v) is 3.96. The van der Waals surface area contributed by atoms with E-state index < -0.39 is 0 Å². The number of hydrogen-bond acceptors (Lipinski definition) is 3. The molecule has 4 nitrogen and oxygen atoms in total. The standard InChI is InChI=1S/C15H21N3O/c1-3-13-5-7-15(19-13)10(2)17-12-4-6-14-11(8-12)9-16-18-14/h5,7,9-10,12,17H,3-4,6,8H2,1-2H3,(H,16,18)/t10-,12-/m1/s1. The molecule has 1 aliphatic carbocycles. The number of nitrogens with zero attached hydrogens (tertiary/aromatic N) is 1. The van der Waals surface area contributed by atoms with Crippen LogP contribution < -0.4 is 5.32 Å². The van der Waals surface area contributed by atoms with E-state index >= 15 is 0 Å². The van der Waals surface area contributed by atoms with Crippen molar-refractivity contribution >= 4 is 0 Å². The van der Waals surface area contributed by atoms with Gasteiger partial charge in [0.25, 0.3) is 0 Å². The molecular formula is C15H21N3O. The minimum absolute atomic E-state index is 0.263. The highest BCUT2D eigenvalue weighted by Crippen LogP contribution is 2.23. The van der Waals surface area contributed by atoms with Crippen LogP contribution in [0.15, 0.2) is 22.7 Å². The molecule has 0 unspecified atom stereocenters. The first-order valence-electron chi connectivity index (χ1n) is 7.12. The fraction of sp³-hybridized carbons (Fsp3) is 0.533. The van der Waals surface area contributed by atoms with E-state index in [0.717, 1.165) is 37.2 Å². The number of fused-ring (bicyclic) bond motifs is 1. The molecular weight excluding hydrogens is 238 g/mol. The molecule has 4 heteroatoms. The quantitative estimate of drug-likeness (QED) is 0.887. The molecule has 2 heterocycles. The highest BCUT2D eigenvalue weighted by Gasteiger charge is 2.22. The Morgan fingerprint density at radius 2 is 2.42 bits per heavy atom. The summed E-state index contributed by atoms with van der Waals surface area (Å²) in [4.78, 5) is 0. The Labute approximate surface area is 113 Å². The highest BCUT2D eigenvalue weighted by atomic mass is 16.3. The van der Waals surface area contributed by atoms with Crippen LogP contribution in [-0.4, -0.2) is 16.2 Å². The second-order valence-corrected chi connectivity index (χ2v) is 5.36. The minimum Gasteiger partial charge on any atom is -0.464 e. The van der Waals surface area contributed by atoms with Crippen molar-refractivity contribution in [1.29, 1.82) is 0 Å². The van der Waals surface area contributed by atoms with E-state index in [0.29, 0.717) is 6.04 Å². The molecule has 2 N–H and O–H groups in total. The van der Waals surface area contributed by atoms with E-state index in [1.54, 1.807) is 0 Å². The summed E-state index contributed by atoms with van der Waals surface area (Å²) in [5, 5.41) is 10.9. The fourth-order valence-electron chi connectivity index (χ4n) is 2.81. The summed E-state index contributed by atoms with van der Waals surface area (Å²) in [7, 11) is 0. The van der Waals surface area contributed by atoms with Crippen molar-refractivity contribution in [2.24, 2.45) is 0 Å². The summed E-state index contributed by atoms with van der Waals surface area (Å²) in [6.45, 7) is 4.28. The lowest BCUT2D eigenvalue weighted by atomic mass is 9.93. The number of aryl methyl sites for hydroxylation is 2. The van der Waals surface area contributed by atoms with Crippen LogP contribution in [0.4, 0.5) is 0 Å². The Morgan fingerprint density at radius 1 is 1.53 bits per heavy atom. The van der Waals surface area contributed by atoms with Crippen LogP contribution in [0.25, 0.3) is 0 Å². The van der Waals surface area contributed by atoms with Crippen LogP contribution in [0.3, 0.4) is 0 Å². The molecule has 0 aliphatic heterocycles. The molecule has 0 spiro atoms. The first-order chi connectivity index (χ1) is 9.26. The predicted molar refractivity (Wildman–Crippen MR) is 74.0 cm³/mol. The molecule has 2 aromatic heterocycles. The van der Waals surface area contributed by atoms with Crippen LogP contribution >= 0.6 is 0 Å². The van der Waals surface area contributed by atoms with Crippen molar-refractivity contribution in [2.75, 3.05) is 0 Å². The average Bonchev–Trinajstić information content (AvgIpc) is 3.06. The van der Waals surface area contributed by atoms with Gasteiger partial charge < -0.3 is 9.73 Å². The molecule has 0 fully saturated rings. The normalized spacial score (nSPS) is 20.2. The fourth-order valence-corrected chi connectivity index (χ4v) is 2.81. The summed E-state index contributed by atoms with van der Waals surface area (Å²) in [6.07, 6.45) is 6.20. The molecule has 2 aromatic rings. The maximum Gasteiger partial charge on any atom is 0.120 e. The van der Waals surface area contributed by atoms with E-state index in [1.165, 1.54) is 11.3 Å². The second-order valence-electron chi connectivity index (χ2n) is 5.36. The molecule has 1 aliphatic rings. The van der Waals surface area contributed by atoms with E-state index in [-0.39, 0.29) is 6.04 Å². The number of rotatable bonds is 4. The van der Waals surface area contributed by atoms with Gasteiger partial charge in [0.05, 0.1) is 12.2 Å². The average molecular weight is 259 g/mol. The van der Waals surface area contributed by atoms with Crippen molar-refractivity contribution < 1.29 is 4.42 Å². The van der Waals surface area contributed by atoms with Gasteiger partial charge in [-0.3, -0.25) is 5.10 Å². The summed E-state index contributed by atoms with van der Waals surface area (Å²) in [6, 6.07) is 4.93. The lowest BCUT2D eigenvalue weighted by Gasteiger charge is -2.25. The van der Waals surface area contributed by atoms with Crippen molar-refractivity contribution in [2.45, 2.75) is 51.6 Å². The Bertz CT molecular complexity index is 543. The predicted octanol–water partition coefficient (Wildman–Crippen LogP) is 2.77. The van der Waals surface area contributed by atoms with Crippen LogP contribution in [0.5, 0.6) is 0 Å². The van der Waals surface area contributed by atoms with Crippen LogP contribution in [0.2, 0.25) is 0 Å². The van der Waals surface area contributed by atoms with Crippen LogP contribution in [0.1, 0.15) is 49.1 Å². The van der Waals surface area contributed by atoms with Crippen molar-refractivity contribution in [3.8, 4) is 0 Å². The van der Waals surface area contributed by atoms with E-state index in [1.807, 2.05) is 6.20 Å². The van der Waals surface area contributed by atoms with E-state index in [2.05, 4.69) is 41.5 Å². The van der Waals surface area contributed by atoms with E-state index in [9.17, 15) is 0 Å². The van der Waals surface area contributed by atoms with Crippen molar-refractivity contribution in [3.05, 3.63) is 41.1 Å². The van der Waals surface area contributed by atoms with Gasteiger partial charge in [0.2, 0.25) is 0 Å². The van der Waals surface area contributed by atoms with E-state index in [4.69, 9.17) is 4.42 Å². The van der Waals surface area contributed by atoms with Crippen molar-refractivity contribution in [3.63, 3.8) is 0 Å². The van der Waals surface area contributed by atoms with Gasteiger partial charge in [-0.25, -0.2) is 0 Å². The zero-order valence-corrected chi connectivity index (χ0v) is 11.6. The Kier molecular flexibility index (Phi) is 3.42. The number of aromatic nitrogens is 2. The molecule has 0 radical (unpaired) electrons. The lowest BCUT2D eigenvalue weighted by molar-refractivity contribution is 0.357. The summed E-state index contributed by atoms with van der Waals surface area (Å²) in [5.74, 6) is 2.10. The number of furan rings is 1. The molecule has 0 saturated heterocycles. The van der Waals surface area contributed by atoms with Gasteiger partial charge in [-0.05, 0) is 43.9 Å². The maximum absolute atomic E-state index is 5.81. The van der Waals surface area contributed by atoms with Gasteiger partial charge >= 0.3 is 0 Å². The van der Waals surface area contributed by atoms with Gasteiger partial charge in [0.15, 0.2) is 0 Å². The Balaban J connectivity index is 1.63. The topological polar surface area (TPSA) is 53.9 Å². The molecule has 102 valence electrons. The lowest BCUT2D eigenvalue weighted by Crippen LogP contribution is -2.36. The van der Waals surface area contributed by atoms with Gasteiger partial charge in [-0.2, -0.15) is 5.10 Å². The van der Waals surface area contributed by atoms with Gasteiger partial charge in [0, 0.05) is 18.2 Å². The first-order valence-corrected chi connectivity index (χ1v) is 7.12. The largest absolute Gasteiger partial charge is 0.464 e. The zero-order valence-electron chi connectivity index (χ0n) is 11.6. The van der Waals surface area contributed by atoms with Crippen molar-refractivity contribution in [1.82, 2.24) is 15.5 Å². The third-order valence-electron chi connectivity index (χ3n) is 3.96. The number of nitrogens with one attached hydrogen (secondary N) is 2. The third kappa shape index (κ3) is 2.59.